The number of rotatable bonds is 6. The van der Waals surface area contributed by atoms with Gasteiger partial charge in [-0.15, -0.1) is 0 Å². The molecule has 0 atom stereocenters. The van der Waals surface area contributed by atoms with Crippen molar-refractivity contribution in [1.29, 1.82) is 0 Å². The van der Waals surface area contributed by atoms with Crippen LogP contribution >= 0.6 is 0 Å². The number of aryl methyl sites for hydroxylation is 1. The lowest BCUT2D eigenvalue weighted by Gasteiger charge is -2.26. The first-order valence-electron chi connectivity index (χ1n) is 8.75. The smallest absolute Gasteiger partial charge is 0.272 e. The summed E-state index contributed by atoms with van der Waals surface area (Å²) >= 11 is 0. The summed E-state index contributed by atoms with van der Waals surface area (Å²) in [6.07, 6.45) is 0.807. The van der Waals surface area contributed by atoms with Gasteiger partial charge in [0.2, 0.25) is 5.95 Å². The fourth-order valence-electron chi connectivity index (χ4n) is 2.83. The van der Waals surface area contributed by atoms with Crippen LogP contribution in [0, 0.1) is 6.92 Å². The average Bonchev–Trinajstić information content (AvgIpc) is 2.68. The molecule has 0 saturated carbocycles. The van der Waals surface area contributed by atoms with Gasteiger partial charge in [-0.25, -0.2) is 9.97 Å². The Bertz CT molecular complexity index is 760. The van der Waals surface area contributed by atoms with Crippen LogP contribution in [0.1, 0.15) is 21.7 Å². The Labute approximate surface area is 153 Å². The van der Waals surface area contributed by atoms with Crippen molar-refractivity contribution in [1.82, 2.24) is 14.9 Å². The van der Waals surface area contributed by atoms with E-state index in [4.69, 9.17) is 9.47 Å². The topological polar surface area (TPSA) is 76.6 Å². The van der Waals surface area contributed by atoms with Gasteiger partial charge < -0.3 is 19.7 Å². The molecule has 3 rings (SSSR count). The Morgan fingerprint density at radius 2 is 2.08 bits per heavy atom. The molecule has 26 heavy (non-hydrogen) atoms. The van der Waals surface area contributed by atoms with Crippen LogP contribution in [0.2, 0.25) is 0 Å². The van der Waals surface area contributed by atoms with E-state index < -0.39 is 0 Å². The SMILES string of the molecule is COc1cccc(CCNc2nc(C)cc(C(=O)N3CCOCC3)n2)c1. The van der Waals surface area contributed by atoms with Crippen molar-refractivity contribution in [3.8, 4) is 5.75 Å². The summed E-state index contributed by atoms with van der Waals surface area (Å²) in [5.74, 6) is 1.24. The molecule has 1 amide bonds. The zero-order valence-corrected chi connectivity index (χ0v) is 15.2. The van der Waals surface area contributed by atoms with Gasteiger partial charge in [0.05, 0.1) is 20.3 Å². The third-order valence-corrected chi connectivity index (χ3v) is 4.20. The first kappa shape index (κ1) is 18.1. The number of hydrogen-bond acceptors (Lipinski definition) is 6. The van der Waals surface area contributed by atoms with Crippen LogP contribution in [0.3, 0.4) is 0 Å². The maximum absolute atomic E-state index is 12.6. The van der Waals surface area contributed by atoms with Gasteiger partial charge in [0.1, 0.15) is 11.4 Å². The zero-order valence-electron chi connectivity index (χ0n) is 15.2. The summed E-state index contributed by atoms with van der Waals surface area (Å²) in [6, 6.07) is 9.67. The number of anilines is 1. The second-order valence-corrected chi connectivity index (χ2v) is 6.15. The fourth-order valence-corrected chi connectivity index (χ4v) is 2.83. The number of morpholine rings is 1. The van der Waals surface area contributed by atoms with Gasteiger partial charge in [-0.2, -0.15) is 0 Å². The lowest BCUT2D eigenvalue weighted by Crippen LogP contribution is -2.41. The first-order chi connectivity index (χ1) is 12.7. The number of nitrogens with one attached hydrogen (secondary N) is 1. The molecule has 7 nitrogen and oxygen atoms in total. The van der Waals surface area contributed by atoms with Gasteiger partial charge in [-0.1, -0.05) is 12.1 Å². The Morgan fingerprint density at radius 3 is 2.85 bits per heavy atom. The molecule has 1 saturated heterocycles. The van der Waals surface area contributed by atoms with Crippen molar-refractivity contribution in [2.24, 2.45) is 0 Å². The highest BCUT2D eigenvalue weighted by Crippen LogP contribution is 2.14. The minimum atomic E-state index is -0.0744. The molecule has 0 unspecified atom stereocenters. The summed E-state index contributed by atoms with van der Waals surface area (Å²) in [6.45, 7) is 4.87. The summed E-state index contributed by atoms with van der Waals surface area (Å²) in [5.41, 5.74) is 2.35. The summed E-state index contributed by atoms with van der Waals surface area (Å²) < 4.78 is 10.5. The summed E-state index contributed by atoms with van der Waals surface area (Å²) in [4.78, 5) is 23.2. The normalized spacial score (nSPS) is 14.2. The van der Waals surface area contributed by atoms with Crippen LogP contribution in [0.15, 0.2) is 30.3 Å². The van der Waals surface area contributed by atoms with Crippen molar-refractivity contribution in [2.45, 2.75) is 13.3 Å². The van der Waals surface area contributed by atoms with Gasteiger partial charge in [0.25, 0.3) is 5.91 Å². The van der Waals surface area contributed by atoms with Crippen LogP contribution in [-0.2, 0) is 11.2 Å². The number of carbonyl (C=O) groups excluding carboxylic acids is 1. The molecule has 1 aliphatic heterocycles. The number of benzene rings is 1. The molecule has 0 aliphatic carbocycles. The zero-order chi connectivity index (χ0) is 18.4. The second-order valence-electron chi connectivity index (χ2n) is 6.15. The molecule has 1 N–H and O–H groups in total. The third kappa shape index (κ3) is 4.70. The van der Waals surface area contributed by atoms with Crippen LogP contribution < -0.4 is 10.1 Å². The molecule has 0 spiro atoms. The van der Waals surface area contributed by atoms with Crippen LogP contribution in [-0.4, -0.2) is 60.7 Å². The van der Waals surface area contributed by atoms with Gasteiger partial charge in [-0.3, -0.25) is 4.79 Å². The van der Waals surface area contributed by atoms with Crippen molar-refractivity contribution >= 4 is 11.9 Å². The molecule has 7 heteroatoms. The Kier molecular flexibility index (Phi) is 6.01. The number of carbonyl (C=O) groups is 1. The van der Waals surface area contributed by atoms with Gasteiger partial charge in [-0.05, 0) is 37.1 Å². The fraction of sp³-hybridized carbons (Fsp3) is 0.421. The predicted molar refractivity (Wildman–Crippen MR) is 98.7 cm³/mol. The van der Waals surface area contributed by atoms with Crippen molar-refractivity contribution in [3.05, 3.63) is 47.3 Å². The molecule has 1 fully saturated rings. The van der Waals surface area contributed by atoms with E-state index in [0.29, 0.717) is 44.5 Å². The van der Waals surface area contributed by atoms with E-state index in [-0.39, 0.29) is 5.91 Å². The highest BCUT2D eigenvalue weighted by atomic mass is 16.5. The highest BCUT2D eigenvalue weighted by Gasteiger charge is 2.20. The van der Waals surface area contributed by atoms with E-state index in [9.17, 15) is 4.79 Å². The molecule has 2 heterocycles. The molecule has 0 radical (unpaired) electrons. The van der Waals surface area contributed by atoms with E-state index in [2.05, 4.69) is 21.4 Å². The molecular formula is C19H24N4O3. The third-order valence-electron chi connectivity index (χ3n) is 4.20. The molecule has 2 aromatic rings. The number of methoxy groups -OCH3 is 1. The number of nitrogens with zero attached hydrogens (tertiary/aromatic N) is 3. The highest BCUT2D eigenvalue weighted by molar-refractivity contribution is 5.92. The predicted octanol–water partition coefficient (Wildman–Crippen LogP) is 1.92. The lowest BCUT2D eigenvalue weighted by atomic mass is 10.1. The van der Waals surface area contributed by atoms with Crippen LogP contribution in [0.4, 0.5) is 5.95 Å². The molecule has 1 aliphatic rings. The minimum absolute atomic E-state index is 0.0744. The van der Waals surface area contributed by atoms with E-state index >= 15 is 0 Å². The maximum atomic E-state index is 12.6. The van der Waals surface area contributed by atoms with Crippen molar-refractivity contribution in [3.63, 3.8) is 0 Å². The summed E-state index contributed by atoms with van der Waals surface area (Å²) in [7, 11) is 1.66. The molecule has 138 valence electrons. The summed E-state index contributed by atoms with van der Waals surface area (Å²) in [5, 5.41) is 3.21. The van der Waals surface area contributed by atoms with Gasteiger partial charge >= 0.3 is 0 Å². The monoisotopic (exact) mass is 356 g/mol. The Morgan fingerprint density at radius 1 is 1.27 bits per heavy atom. The second kappa shape index (κ2) is 8.62. The number of hydrogen-bond donors (Lipinski definition) is 1. The Hall–Kier alpha value is -2.67. The van der Waals surface area contributed by atoms with E-state index in [1.165, 1.54) is 0 Å². The molecule has 0 bridgehead atoms. The van der Waals surface area contributed by atoms with Gasteiger partial charge in [0.15, 0.2) is 0 Å². The van der Waals surface area contributed by atoms with Crippen LogP contribution in [0.25, 0.3) is 0 Å². The van der Waals surface area contributed by atoms with Crippen LogP contribution in [0.5, 0.6) is 5.75 Å². The largest absolute Gasteiger partial charge is 0.497 e. The quantitative estimate of drug-likeness (QED) is 0.852. The molecular weight excluding hydrogens is 332 g/mol. The van der Waals surface area contributed by atoms with E-state index in [1.54, 1.807) is 18.1 Å². The first-order valence-corrected chi connectivity index (χ1v) is 8.75. The van der Waals surface area contributed by atoms with Crippen molar-refractivity contribution < 1.29 is 14.3 Å². The molecule has 1 aromatic carbocycles. The standard InChI is InChI=1S/C19H24N4O3/c1-14-12-17(18(24)23-8-10-26-11-9-23)22-19(21-14)20-7-6-15-4-3-5-16(13-15)25-2/h3-5,12-13H,6-11H2,1-2H3,(H,20,21,22). The van der Waals surface area contributed by atoms with E-state index in [0.717, 1.165) is 23.4 Å². The average molecular weight is 356 g/mol. The lowest BCUT2D eigenvalue weighted by molar-refractivity contribution is 0.0299. The number of amides is 1. The van der Waals surface area contributed by atoms with Gasteiger partial charge in [0, 0.05) is 25.3 Å². The van der Waals surface area contributed by atoms with Crippen molar-refractivity contribution in [2.75, 3.05) is 45.3 Å². The Balaban J connectivity index is 1.62. The minimum Gasteiger partial charge on any atom is -0.497 e. The molecule has 1 aromatic heterocycles. The number of aromatic nitrogens is 2. The van der Waals surface area contributed by atoms with E-state index in [1.807, 2.05) is 25.1 Å². The number of ether oxygens (including phenoxy) is 2. The maximum Gasteiger partial charge on any atom is 0.272 e.